The summed E-state index contributed by atoms with van der Waals surface area (Å²) in [6.07, 6.45) is 1.76. The number of thiazole rings is 1. The molecule has 2 aromatic rings. The van der Waals surface area contributed by atoms with Crippen molar-refractivity contribution in [2.24, 2.45) is 0 Å². The normalized spacial score (nSPS) is 12.7. The van der Waals surface area contributed by atoms with Crippen LogP contribution in [0.25, 0.3) is 0 Å². The molecule has 0 amide bonds. The van der Waals surface area contributed by atoms with Gasteiger partial charge in [-0.25, -0.2) is 10.4 Å². The molecule has 1 aromatic carbocycles. The predicted molar refractivity (Wildman–Crippen MR) is 65.1 cm³/mol. The SMILES string of the molecule is c1csc(NNCc2ccc3c(c2)OCO3)n1. The Morgan fingerprint density at radius 3 is 3.12 bits per heavy atom. The lowest BCUT2D eigenvalue weighted by Crippen LogP contribution is -2.20. The van der Waals surface area contributed by atoms with Gasteiger partial charge in [0.05, 0.1) is 0 Å². The highest BCUT2D eigenvalue weighted by molar-refractivity contribution is 7.13. The van der Waals surface area contributed by atoms with E-state index in [2.05, 4.69) is 15.8 Å². The van der Waals surface area contributed by atoms with Crippen LogP contribution in [0.2, 0.25) is 0 Å². The van der Waals surface area contributed by atoms with Crippen LogP contribution in [0.3, 0.4) is 0 Å². The third-order valence-corrected chi connectivity index (χ3v) is 3.05. The maximum Gasteiger partial charge on any atom is 0.231 e. The van der Waals surface area contributed by atoms with Crippen LogP contribution in [0.1, 0.15) is 5.56 Å². The Hall–Kier alpha value is -1.79. The number of aromatic nitrogens is 1. The van der Waals surface area contributed by atoms with E-state index in [9.17, 15) is 0 Å². The second-order valence-electron chi connectivity index (χ2n) is 3.50. The lowest BCUT2D eigenvalue weighted by Gasteiger charge is -2.06. The third kappa shape index (κ3) is 2.32. The van der Waals surface area contributed by atoms with Crippen molar-refractivity contribution in [2.45, 2.75) is 6.54 Å². The molecule has 17 heavy (non-hydrogen) atoms. The maximum absolute atomic E-state index is 5.31. The molecule has 0 radical (unpaired) electrons. The molecule has 0 bridgehead atoms. The van der Waals surface area contributed by atoms with Crippen LogP contribution >= 0.6 is 11.3 Å². The molecule has 0 saturated carbocycles. The van der Waals surface area contributed by atoms with Crippen LogP contribution in [0.4, 0.5) is 5.13 Å². The summed E-state index contributed by atoms with van der Waals surface area (Å²) in [6, 6.07) is 5.89. The van der Waals surface area contributed by atoms with Crippen molar-refractivity contribution in [1.29, 1.82) is 0 Å². The van der Waals surface area contributed by atoms with E-state index in [0.29, 0.717) is 13.3 Å². The van der Waals surface area contributed by atoms with E-state index in [1.807, 2.05) is 23.6 Å². The highest BCUT2D eigenvalue weighted by Gasteiger charge is 2.12. The lowest BCUT2D eigenvalue weighted by atomic mass is 10.2. The minimum Gasteiger partial charge on any atom is -0.454 e. The number of hydrogen-bond donors (Lipinski definition) is 2. The van der Waals surface area contributed by atoms with Gasteiger partial charge in [0.25, 0.3) is 0 Å². The second kappa shape index (κ2) is 4.60. The zero-order valence-electron chi connectivity index (χ0n) is 8.97. The van der Waals surface area contributed by atoms with E-state index < -0.39 is 0 Å². The van der Waals surface area contributed by atoms with Gasteiger partial charge in [-0.3, -0.25) is 5.43 Å². The predicted octanol–water partition coefficient (Wildman–Crippen LogP) is 1.99. The highest BCUT2D eigenvalue weighted by atomic mass is 32.1. The molecule has 6 heteroatoms. The van der Waals surface area contributed by atoms with Crippen molar-refractivity contribution >= 4 is 16.5 Å². The zero-order chi connectivity index (χ0) is 11.5. The largest absolute Gasteiger partial charge is 0.454 e. The molecule has 0 atom stereocenters. The van der Waals surface area contributed by atoms with Gasteiger partial charge in [-0.2, -0.15) is 0 Å². The maximum atomic E-state index is 5.31. The quantitative estimate of drug-likeness (QED) is 0.812. The Labute approximate surface area is 102 Å². The number of rotatable bonds is 4. The highest BCUT2D eigenvalue weighted by Crippen LogP contribution is 2.32. The smallest absolute Gasteiger partial charge is 0.231 e. The number of hydrazine groups is 1. The van der Waals surface area contributed by atoms with Crippen LogP contribution < -0.4 is 20.3 Å². The average Bonchev–Trinajstić information content (AvgIpc) is 2.98. The number of nitrogens with zero attached hydrogens (tertiary/aromatic N) is 1. The molecule has 1 aromatic heterocycles. The zero-order valence-corrected chi connectivity index (χ0v) is 9.79. The van der Waals surface area contributed by atoms with Crippen molar-refractivity contribution < 1.29 is 9.47 Å². The number of fused-ring (bicyclic) bond motifs is 1. The Balaban J connectivity index is 1.58. The fraction of sp³-hybridized carbons (Fsp3) is 0.182. The summed E-state index contributed by atoms with van der Waals surface area (Å²) >= 11 is 1.55. The molecule has 1 aliphatic heterocycles. The standard InChI is InChI=1S/C11H11N3O2S/c1-2-9-10(16-7-15-9)5-8(1)6-13-14-11-12-3-4-17-11/h1-5,13H,6-7H2,(H,12,14). The minimum atomic E-state index is 0.309. The molecule has 2 N–H and O–H groups in total. The Bertz CT molecular complexity index is 501. The van der Waals surface area contributed by atoms with Crippen molar-refractivity contribution in [3.63, 3.8) is 0 Å². The molecule has 88 valence electrons. The van der Waals surface area contributed by atoms with Crippen molar-refractivity contribution in [3.8, 4) is 11.5 Å². The molecule has 0 fully saturated rings. The van der Waals surface area contributed by atoms with Gasteiger partial charge in [-0.15, -0.1) is 11.3 Å². The molecular weight excluding hydrogens is 238 g/mol. The van der Waals surface area contributed by atoms with Crippen molar-refractivity contribution in [1.82, 2.24) is 10.4 Å². The molecule has 1 aliphatic rings. The fourth-order valence-corrected chi connectivity index (χ4v) is 2.06. The summed E-state index contributed by atoms with van der Waals surface area (Å²) in [7, 11) is 0. The van der Waals surface area contributed by atoms with Gasteiger partial charge in [0, 0.05) is 18.1 Å². The summed E-state index contributed by atoms with van der Waals surface area (Å²) in [4.78, 5) is 4.11. The van der Waals surface area contributed by atoms with Crippen LogP contribution in [-0.2, 0) is 6.54 Å². The first-order chi connectivity index (χ1) is 8.42. The first-order valence-electron chi connectivity index (χ1n) is 5.19. The van der Waals surface area contributed by atoms with Gasteiger partial charge in [0.15, 0.2) is 16.6 Å². The monoisotopic (exact) mass is 249 g/mol. The van der Waals surface area contributed by atoms with E-state index in [1.165, 1.54) is 0 Å². The first kappa shape index (κ1) is 10.4. The molecule has 5 nitrogen and oxygen atoms in total. The molecule has 0 unspecified atom stereocenters. The van der Waals surface area contributed by atoms with Crippen LogP contribution in [0.15, 0.2) is 29.8 Å². The molecule has 0 aliphatic carbocycles. The number of hydrogen-bond acceptors (Lipinski definition) is 6. The topological polar surface area (TPSA) is 55.4 Å². The van der Waals surface area contributed by atoms with Crippen LogP contribution in [0.5, 0.6) is 11.5 Å². The summed E-state index contributed by atoms with van der Waals surface area (Å²) in [5, 5.41) is 2.77. The van der Waals surface area contributed by atoms with Crippen molar-refractivity contribution in [3.05, 3.63) is 35.3 Å². The summed E-state index contributed by atoms with van der Waals surface area (Å²) in [6.45, 7) is 1.000. The van der Waals surface area contributed by atoms with Gasteiger partial charge in [-0.05, 0) is 17.7 Å². The summed E-state index contributed by atoms with van der Waals surface area (Å²) < 4.78 is 10.6. The fourth-order valence-electron chi connectivity index (χ4n) is 1.56. The molecule has 0 spiro atoms. The molecule has 0 saturated heterocycles. The minimum absolute atomic E-state index is 0.309. The van der Waals surface area contributed by atoms with E-state index in [-0.39, 0.29) is 0 Å². The Morgan fingerprint density at radius 2 is 2.24 bits per heavy atom. The molecule has 3 rings (SSSR count). The van der Waals surface area contributed by atoms with Gasteiger partial charge >= 0.3 is 0 Å². The number of nitrogens with one attached hydrogen (secondary N) is 2. The number of benzene rings is 1. The van der Waals surface area contributed by atoms with E-state index >= 15 is 0 Å². The van der Waals surface area contributed by atoms with E-state index in [1.54, 1.807) is 17.5 Å². The Morgan fingerprint density at radius 1 is 1.29 bits per heavy atom. The second-order valence-corrected chi connectivity index (χ2v) is 4.40. The van der Waals surface area contributed by atoms with Crippen LogP contribution in [-0.4, -0.2) is 11.8 Å². The van der Waals surface area contributed by atoms with Gasteiger partial charge in [0.1, 0.15) is 0 Å². The summed E-state index contributed by atoms with van der Waals surface area (Å²) in [5.74, 6) is 1.61. The Kier molecular flexibility index (Phi) is 2.81. The van der Waals surface area contributed by atoms with Crippen LogP contribution in [0, 0.1) is 0 Å². The van der Waals surface area contributed by atoms with Gasteiger partial charge in [0.2, 0.25) is 6.79 Å². The third-order valence-electron chi connectivity index (χ3n) is 2.36. The summed E-state index contributed by atoms with van der Waals surface area (Å²) in [5.41, 5.74) is 7.25. The first-order valence-corrected chi connectivity index (χ1v) is 6.07. The molecule has 2 heterocycles. The number of anilines is 1. The van der Waals surface area contributed by atoms with Gasteiger partial charge < -0.3 is 9.47 Å². The number of ether oxygens (including phenoxy) is 2. The average molecular weight is 249 g/mol. The molecular formula is C11H11N3O2S. The lowest BCUT2D eigenvalue weighted by molar-refractivity contribution is 0.174. The van der Waals surface area contributed by atoms with E-state index in [4.69, 9.17) is 9.47 Å². The van der Waals surface area contributed by atoms with E-state index in [0.717, 1.165) is 22.2 Å². The van der Waals surface area contributed by atoms with Gasteiger partial charge in [-0.1, -0.05) is 6.07 Å². The van der Waals surface area contributed by atoms with Crippen molar-refractivity contribution in [2.75, 3.05) is 12.2 Å².